The molecule has 3 N–H and O–H groups in total. The second-order valence-corrected chi connectivity index (χ2v) is 14.1. The van der Waals surface area contributed by atoms with Crippen molar-refractivity contribution in [3.05, 3.63) is 97.4 Å². The normalized spacial score (nSPS) is 28.2. The van der Waals surface area contributed by atoms with E-state index in [9.17, 15) is 24.3 Å². The predicted octanol–water partition coefficient (Wildman–Crippen LogP) is 5.82. The van der Waals surface area contributed by atoms with E-state index in [0.29, 0.717) is 36.8 Å². The predicted molar refractivity (Wildman–Crippen MR) is 178 cm³/mol. The monoisotopic (exact) mass is 781 g/mol. The average molecular weight is 784 g/mol. The number of ether oxygens (including phenoxy) is 1. The minimum absolute atomic E-state index is 0.0413. The van der Waals surface area contributed by atoms with Gasteiger partial charge in [0.1, 0.15) is 0 Å². The zero-order valence-corrected chi connectivity index (χ0v) is 28.6. The number of allylic oxidation sites excluding steroid dienone is 2. The van der Waals surface area contributed by atoms with E-state index >= 15 is 4.79 Å². The van der Waals surface area contributed by atoms with E-state index in [2.05, 4.69) is 31.9 Å². The molecule has 2 heterocycles. The Balaban J connectivity index is 1.55. The molecule has 10 nitrogen and oxygen atoms in total. The van der Waals surface area contributed by atoms with Crippen LogP contribution in [0.2, 0.25) is 5.02 Å². The summed E-state index contributed by atoms with van der Waals surface area (Å²) in [5.74, 6) is -6.90. The summed E-state index contributed by atoms with van der Waals surface area (Å²) in [6.07, 6.45) is 2.01. The van der Waals surface area contributed by atoms with Gasteiger partial charge < -0.3 is 15.6 Å². The zero-order chi connectivity index (χ0) is 33.5. The van der Waals surface area contributed by atoms with Gasteiger partial charge in [-0.1, -0.05) is 59.6 Å². The molecule has 4 aliphatic rings. The molecule has 6 unspecified atom stereocenters. The van der Waals surface area contributed by atoms with Crippen molar-refractivity contribution in [3.8, 4) is 11.5 Å². The molecular weight excluding hydrogens is 758 g/mol. The first-order valence-electron chi connectivity index (χ1n) is 14.8. The maximum absolute atomic E-state index is 15.3. The molecule has 240 valence electrons. The fraction of sp³-hybridized carbons (Fsp3) is 0.265. The molecule has 6 atom stereocenters. The van der Waals surface area contributed by atoms with Gasteiger partial charge in [-0.05, 0) is 86.0 Å². The Hall–Kier alpha value is -4.00. The maximum atomic E-state index is 15.3. The number of rotatable bonds is 4. The lowest BCUT2D eigenvalue weighted by atomic mass is 9.49. The van der Waals surface area contributed by atoms with Crippen molar-refractivity contribution in [3.63, 3.8) is 0 Å². The van der Waals surface area contributed by atoms with Gasteiger partial charge in [0.05, 0.1) is 40.4 Å². The summed E-state index contributed by atoms with van der Waals surface area (Å²) < 4.78 is 6.21. The SMILES string of the molecule is COc1cc(C2C3=CCC4C(=O)N(C(N)=O)C(=O)C4C3CC3C(=O)N(c4cccc(Cl)c4)C(=O)C32c2ccccc2)c(Br)c(Br)c1O. The lowest BCUT2D eigenvalue weighted by molar-refractivity contribution is -0.136. The number of hydrogen-bond acceptors (Lipinski definition) is 7. The van der Waals surface area contributed by atoms with E-state index in [4.69, 9.17) is 22.1 Å². The number of hydrogen-bond donors (Lipinski definition) is 2. The number of amides is 6. The number of aromatic hydroxyl groups is 1. The molecule has 0 bridgehead atoms. The van der Waals surface area contributed by atoms with Crippen LogP contribution >= 0.6 is 43.5 Å². The van der Waals surface area contributed by atoms with Gasteiger partial charge in [0.25, 0.3) is 0 Å². The zero-order valence-electron chi connectivity index (χ0n) is 24.7. The Morgan fingerprint density at radius 1 is 0.979 bits per heavy atom. The van der Waals surface area contributed by atoms with E-state index in [-0.39, 0.29) is 28.8 Å². The number of phenolic OH excluding ortho intramolecular Hbond substituents is 1. The van der Waals surface area contributed by atoms with Crippen LogP contribution in [-0.4, -0.2) is 46.8 Å². The fourth-order valence-electron chi connectivity index (χ4n) is 8.28. The molecule has 3 aromatic rings. The number of methoxy groups -OCH3 is 1. The van der Waals surface area contributed by atoms with E-state index in [0.717, 1.165) is 4.90 Å². The van der Waals surface area contributed by atoms with E-state index < -0.39 is 64.7 Å². The van der Waals surface area contributed by atoms with Crippen LogP contribution < -0.4 is 15.4 Å². The number of nitrogens with zero attached hydrogens (tertiary/aromatic N) is 2. The van der Waals surface area contributed by atoms with Crippen LogP contribution in [0.15, 0.2) is 81.3 Å². The minimum atomic E-state index is -1.55. The molecule has 1 saturated carbocycles. The molecule has 7 rings (SSSR count). The first-order valence-corrected chi connectivity index (χ1v) is 16.7. The number of likely N-dealkylation sites (tertiary alicyclic amines) is 1. The Kier molecular flexibility index (Phi) is 7.60. The number of phenols is 1. The van der Waals surface area contributed by atoms with Crippen LogP contribution in [0.3, 0.4) is 0 Å². The third-order valence-corrected chi connectivity index (χ3v) is 12.5. The van der Waals surface area contributed by atoms with Gasteiger partial charge in [-0.25, -0.2) is 9.69 Å². The van der Waals surface area contributed by atoms with E-state index in [1.807, 2.05) is 12.1 Å². The number of carbonyl (C=O) groups is 5. The molecule has 0 spiro atoms. The molecule has 3 fully saturated rings. The standard InChI is InChI=1S/C34H26Br2ClN3O7/c1-47-23-14-21(26(35)27(36)28(23)41)25-18-10-11-19-24(31(44)40(29(19)42)33(38)46)20(18)13-22-30(43)39(17-9-5-8-16(37)12-17)32(45)34(22,25)15-6-3-2-4-7-15/h2-10,12,14,19-20,22,24-25,41H,11,13H2,1H3,(H2,38,46). The van der Waals surface area contributed by atoms with Crippen molar-refractivity contribution < 1.29 is 33.8 Å². The smallest absolute Gasteiger partial charge is 0.328 e. The van der Waals surface area contributed by atoms with Crippen LogP contribution in [0.25, 0.3) is 0 Å². The number of primary amides is 1. The van der Waals surface area contributed by atoms with Crippen molar-refractivity contribution in [2.75, 3.05) is 12.0 Å². The lowest BCUT2D eigenvalue weighted by Gasteiger charge is -2.51. The van der Waals surface area contributed by atoms with Crippen molar-refractivity contribution in [2.24, 2.45) is 29.4 Å². The van der Waals surface area contributed by atoms with Gasteiger partial charge in [-0.15, -0.1) is 0 Å². The number of urea groups is 1. The highest BCUT2D eigenvalue weighted by atomic mass is 79.9. The Morgan fingerprint density at radius 3 is 2.36 bits per heavy atom. The number of nitrogens with two attached hydrogens (primary N) is 1. The summed E-state index contributed by atoms with van der Waals surface area (Å²) in [6.45, 7) is 0. The summed E-state index contributed by atoms with van der Waals surface area (Å²) in [4.78, 5) is 71.1. The number of halogens is 3. The molecular formula is C34H26Br2ClN3O7. The highest BCUT2D eigenvalue weighted by Crippen LogP contribution is 2.66. The molecule has 2 saturated heterocycles. The van der Waals surface area contributed by atoms with Gasteiger partial charge in [-0.2, -0.15) is 4.90 Å². The molecule has 2 aliphatic heterocycles. The second kappa shape index (κ2) is 11.3. The van der Waals surface area contributed by atoms with Crippen LogP contribution in [-0.2, 0) is 24.6 Å². The fourth-order valence-corrected chi connectivity index (χ4v) is 9.42. The summed E-state index contributed by atoms with van der Waals surface area (Å²) in [6, 6.07) is 15.9. The van der Waals surface area contributed by atoms with Gasteiger partial charge in [0.15, 0.2) is 11.5 Å². The van der Waals surface area contributed by atoms with Gasteiger partial charge in [-0.3, -0.25) is 19.2 Å². The molecule has 6 amide bonds. The maximum Gasteiger partial charge on any atom is 0.328 e. The first-order chi connectivity index (χ1) is 22.4. The third kappa shape index (κ3) is 4.30. The van der Waals surface area contributed by atoms with E-state index in [1.165, 1.54) is 7.11 Å². The highest BCUT2D eigenvalue weighted by molar-refractivity contribution is 9.13. The van der Waals surface area contributed by atoms with Crippen molar-refractivity contribution >= 4 is 78.8 Å². The summed E-state index contributed by atoms with van der Waals surface area (Å²) in [7, 11) is 1.40. The van der Waals surface area contributed by atoms with Gasteiger partial charge >= 0.3 is 6.03 Å². The van der Waals surface area contributed by atoms with Crippen LogP contribution in [0.1, 0.15) is 29.9 Å². The molecule has 13 heteroatoms. The van der Waals surface area contributed by atoms with E-state index in [1.54, 1.807) is 54.6 Å². The third-order valence-electron chi connectivity index (χ3n) is 10.1. The van der Waals surface area contributed by atoms with Crippen molar-refractivity contribution in [1.29, 1.82) is 0 Å². The molecule has 0 radical (unpaired) electrons. The lowest BCUT2D eigenvalue weighted by Crippen LogP contribution is -2.53. The van der Waals surface area contributed by atoms with Gasteiger partial charge in [0.2, 0.25) is 23.6 Å². The summed E-state index contributed by atoms with van der Waals surface area (Å²) in [5.41, 5.74) is 5.97. The minimum Gasteiger partial charge on any atom is -0.503 e. The summed E-state index contributed by atoms with van der Waals surface area (Å²) in [5, 5.41) is 11.2. The largest absolute Gasteiger partial charge is 0.503 e. The average Bonchev–Trinajstić information content (AvgIpc) is 3.45. The number of benzene rings is 3. The Bertz CT molecular complexity index is 1950. The summed E-state index contributed by atoms with van der Waals surface area (Å²) >= 11 is 13.5. The number of anilines is 1. The van der Waals surface area contributed by atoms with Crippen molar-refractivity contribution in [1.82, 2.24) is 4.90 Å². The molecule has 3 aromatic carbocycles. The quantitative estimate of drug-likeness (QED) is 0.251. The van der Waals surface area contributed by atoms with Gasteiger partial charge in [0, 0.05) is 15.4 Å². The van der Waals surface area contributed by atoms with Crippen molar-refractivity contribution in [2.45, 2.75) is 24.2 Å². The van der Waals surface area contributed by atoms with Crippen LogP contribution in [0.5, 0.6) is 11.5 Å². The van der Waals surface area contributed by atoms with Crippen LogP contribution in [0, 0.1) is 23.7 Å². The first kappa shape index (κ1) is 31.6. The molecule has 2 aliphatic carbocycles. The second-order valence-electron chi connectivity index (χ2n) is 12.1. The highest BCUT2D eigenvalue weighted by Gasteiger charge is 2.70. The number of imide groups is 4. The molecule has 47 heavy (non-hydrogen) atoms. The number of carbonyl (C=O) groups excluding carboxylic acids is 5. The number of fused-ring (bicyclic) bond motifs is 4. The van der Waals surface area contributed by atoms with Crippen LogP contribution in [0.4, 0.5) is 10.5 Å². The topological polar surface area (TPSA) is 147 Å². The Labute approximate surface area is 290 Å². The Morgan fingerprint density at radius 2 is 1.70 bits per heavy atom. The molecule has 0 aromatic heterocycles.